The van der Waals surface area contributed by atoms with Crippen molar-refractivity contribution in [2.45, 2.75) is 46.3 Å². The van der Waals surface area contributed by atoms with Gasteiger partial charge < -0.3 is 15.2 Å². The molecule has 1 aromatic carbocycles. The minimum atomic E-state index is -0.459. The quantitative estimate of drug-likeness (QED) is 0.568. The van der Waals surface area contributed by atoms with E-state index in [0.717, 1.165) is 6.42 Å². The molecule has 0 saturated carbocycles. The Morgan fingerprint density at radius 1 is 1.33 bits per heavy atom. The second kappa shape index (κ2) is 7.83. The number of nitrogens with zero attached hydrogens (tertiary/aromatic N) is 1. The zero-order valence-electron chi connectivity index (χ0n) is 13.0. The van der Waals surface area contributed by atoms with E-state index in [-0.39, 0.29) is 30.2 Å². The summed E-state index contributed by atoms with van der Waals surface area (Å²) in [6.07, 6.45) is 0.664. The maximum Gasteiger partial charge on any atom is 0.311 e. The number of nitro groups is 1. The highest BCUT2D eigenvalue weighted by Gasteiger charge is 2.18. The number of nitro benzene ring substituents is 1. The van der Waals surface area contributed by atoms with Crippen LogP contribution in [0.2, 0.25) is 0 Å². The van der Waals surface area contributed by atoms with Gasteiger partial charge in [0.25, 0.3) is 0 Å². The normalized spacial score (nSPS) is 12.5. The summed E-state index contributed by atoms with van der Waals surface area (Å²) in [5.41, 5.74) is 0.648. The SMILES string of the molecule is CC(C)CC(CO)Nc1ccc([N+](=O)[O-])c(OC(C)C)c1. The summed E-state index contributed by atoms with van der Waals surface area (Å²) in [5.74, 6) is 0.681. The predicted molar refractivity (Wildman–Crippen MR) is 82.8 cm³/mol. The first-order valence-electron chi connectivity index (χ1n) is 7.16. The molecule has 2 N–H and O–H groups in total. The van der Waals surface area contributed by atoms with E-state index in [9.17, 15) is 15.2 Å². The van der Waals surface area contributed by atoms with Crippen molar-refractivity contribution in [1.29, 1.82) is 0 Å². The summed E-state index contributed by atoms with van der Waals surface area (Å²) in [5, 5.41) is 23.6. The van der Waals surface area contributed by atoms with E-state index >= 15 is 0 Å². The number of aliphatic hydroxyl groups excluding tert-OH is 1. The van der Waals surface area contributed by atoms with Crippen LogP contribution in [0, 0.1) is 16.0 Å². The second-order valence-electron chi connectivity index (χ2n) is 5.76. The maximum atomic E-state index is 11.0. The van der Waals surface area contributed by atoms with Gasteiger partial charge in [-0.3, -0.25) is 10.1 Å². The van der Waals surface area contributed by atoms with Gasteiger partial charge in [-0.05, 0) is 32.3 Å². The summed E-state index contributed by atoms with van der Waals surface area (Å²) in [7, 11) is 0. The Balaban J connectivity index is 2.95. The lowest BCUT2D eigenvalue weighted by molar-refractivity contribution is -0.386. The zero-order chi connectivity index (χ0) is 16.0. The molecule has 6 nitrogen and oxygen atoms in total. The third-order valence-electron chi connectivity index (χ3n) is 2.87. The first kappa shape index (κ1) is 17.2. The molecule has 0 bridgehead atoms. The zero-order valence-corrected chi connectivity index (χ0v) is 13.0. The minimum absolute atomic E-state index is 0.00946. The van der Waals surface area contributed by atoms with Gasteiger partial charge in [-0.2, -0.15) is 0 Å². The van der Waals surface area contributed by atoms with Crippen molar-refractivity contribution < 1.29 is 14.8 Å². The summed E-state index contributed by atoms with van der Waals surface area (Å²) in [6, 6.07) is 4.58. The van der Waals surface area contributed by atoms with Gasteiger partial charge in [-0.15, -0.1) is 0 Å². The van der Waals surface area contributed by atoms with E-state index < -0.39 is 4.92 Å². The number of hydrogen-bond donors (Lipinski definition) is 2. The summed E-state index contributed by atoms with van der Waals surface area (Å²) < 4.78 is 5.50. The Bertz CT molecular complexity index is 475. The fourth-order valence-electron chi connectivity index (χ4n) is 2.09. The van der Waals surface area contributed by atoms with Gasteiger partial charge in [0.15, 0.2) is 5.75 Å². The Hall–Kier alpha value is -1.82. The first-order valence-corrected chi connectivity index (χ1v) is 7.16. The molecule has 118 valence electrons. The molecule has 1 aromatic rings. The lowest BCUT2D eigenvalue weighted by atomic mass is 10.0. The molecular formula is C15H24N2O4. The molecule has 1 atom stereocenters. The van der Waals surface area contributed by atoms with E-state index in [4.69, 9.17) is 4.74 Å². The number of ether oxygens (including phenoxy) is 1. The number of benzene rings is 1. The molecule has 0 saturated heterocycles. The van der Waals surface area contributed by atoms with Crippen molar-refractivity contribution in [3.63, 3.8) is 0 Å². The third kappa shape index (κ3) is 5.59. The molecule has 0 aromatic heterocycles. The van der Waals surface area contributed by atoms with E-state index in [1.165, 1.54) is 6.07 Å². The molecule has 0 fully saturated rings. The van der Waals surface area contributed by atoms with Crippen molar-refractivity contribution in [3.05, 3.63) is 28.3 Å². The lowest BCUT2D eigenvalue weighted by Crippen LogP contribution is -2.25. The van der Waals surface area contributed by atoms with Crippen molar-refractivity contribution in [2.24, 2.45) is 5.92 Å². The Morgan fingerprint density at radius 2 is 2.00 bits per heavy atom. The Labute approximate surface area is 125 Å². The van der Waals surface area contributed by atoms with Gasteiger partial charge in [-0.1, -0.05) is 13.8 Å². The molecule has 0 spiro atoms. The van der Waals surface area contributed by atoms with Gasteiger partial charge in [0, 0.05) is 23.9 Å². The van der Waals surface area contributed by atoms with Crippen molar-refractivity contribution >= 4 is 11.4 Å². The number of hydrogen-bond acceptors (Lipinski definition) is 5. The van der Waals surface area contributed by atoms with E-state index in [1.807, 2.05) is 13.8 Å². The van der Waals surface area contributed by atoms with Crippen LogP contribution in [0.5, 0.6) is 5.75 Å². The predicted octanol–water partition coefficient (Wildman–Crippen LogP) is 3.20. The second-order valence-corrected chi connectivity index (χ2v) is 5.76. The number of aliphatic hydroxyl groups is 1. The number of nitrogens with one attached hydrogen (secondary N) is 1. The standard InChI is InChI=1S/C15H24N2O4/c1-10(2)7-13(9-18)16-12-5-6-14(17(19)20)15(8-12)21-11(3)4/h5-6,8,10-11,13,16,18H,7,9H2,1-4H3. The smallest absolute Gasteiger partial charge is 0.311 e. The topological polar surface area (TPSA) is 84.6 Å². The highest BCUT2D eigenvalue weighted by Crippen LogP contribution is 2.31. The van der Waals surface area contributed by atoms with Crippen LogP contribution in [0.3, 0.4) is 0 Å². The maximum absolute atomic E-state index is 11.0. The fraction of sp³-hybridized carbons (Fsp3) is 0.600. The minimum Gasteiger partial charge on any atom is -0.484 e. The lowest BCUT2D eigenvalue weighted by Gasteiger charge is -2.20. The van der Waals surface area contributed by atoms with Crippen LogP contribution < -0.4 is 10.1 Å². The average Bonchev–Trinajstić information content (AvgIpc) is 2.36. The average molecular weight is 296 g/mol. The van der Waals surface area contributed by atoms with Gasteiger partial charge in [-0.25, -0.2) is 0 Å². The van der Waals surface area contributed by atoms with Crippen LogP contribution in [-0.2, 0) is 0 Å². The molecule has 0 radical (unpaired) electrons. The van der Waals surface area contributed by atoms with E-state index in [0.29, 0.717) is 11.6 Å². The van der Waals surface area contributed by atoms with Gasteiger partial charge >= 0.3 is 5.69 Å². The molecule has 0 aliphatic carbocycles. The summed E-state index contributed by atoms with van der Waals surface area (Å²) in [6.45, 7) is 7.80. The van der Waals surface area contributed by atoms with Crippen molar-refractivity contribution in [3.8, 4) is 5.75 Å². The molecule has 6 heteroatoms. The monoisotopic (exact) mass is 296 g/mol. The van der Waals surface area contributed by atoms with Crippen LogP contribution >= 0.6 is 0 Å². The number of rotatable bonds is 8. The van der Waals surface area contributed by atoms with E-state index in [1.54, 1.807) is 12.1 Å². The van der Waals surface area contributed by atoms with Crippen LogP contribution in [0.4, 0.5) is 11.4 Å². The van der Waals surface area contributed by atoms with Crippen LogP contribution in [-0.4, -0.2) is 28.8 Å². The van der Waals surface area contributed by atoms with Gasteiger partial charge in [0.1, 0.15) is 0 Å². The molecule has 0 amide bonds. The summed E-state index contributed by atoms with van der Waals surface area (Å²) in [4.78, 5) is 10.5. The van der Waals surface area contributed by atoms with Crippen LogP contribution in [0.1, 0.15) is 34.1 Å². The molecule has 1 rings (SSSR count). The van der Waals surface area contributed by atoms with Crippen LogP contribution in [0.15, 0.2) is 18.2 Å². The van der Waals surface area contributed by atoms with E-state index in [2.05, 4.69) is 19.2 Å². The largest absolute Gasteiger partial charge is 0.484 e. The molecule has 1 unspecified atom stereocenters. The molecule has 0 aliphatic heterocycles. The van der Waals surface area contributed by atoms with Crippen molar-refractivity contribution in [1.82, 2.24) is 0 Å². The number of anilines is 1. The molecule has 21 heavy (non-hydrogen) atoms. The molecular weight excluding hydrogens is 272 g/mol. The van der Waals surface area contributed by atoms with Crippen molar-refractivity contribution in [2.75, 3.05) is 11.9 Å². The van der Waals surface area contributed by atoms with Crippen LogP contribution in [0.25, 0.3) is 0 Å². The highest BCUT2D eigenvalue weighted by atomic mass is 16.6. The fourth-order valence-corrected chi connectivity index (χ4v) is 2.09. The third-order valence-corrected chi connectivity index (χ3v) is 2.87. The molecule has 0 aliphatic rings. The van der Waals surface area contributed by atoms with Gasteiger partial charge in [0.05, 0.1) is 17.6 Å². The first-order chi connectivity index (χ1) is 9.83. The Kier molecular flexibility index (Phi) is 6.42. The summed E-state index contributed by atoms with van der Waals surface area (Å²) >= 11 is 0. The Morgan fingerprint density at radius 3 is 2.48 bits per heavy atom. The highest BCUT2D eigenvalue weighted by molar-refractivity contribution is 5.58. The van der Waals surface area contributed by atoms with Gasteiger partial charge in [0.2, 0.25) is 0 Å². The molecule has 0 heterocycles.